The standard InChI is InChI=1S/C23H26N4O2S/c1-15(22(29)26-20-11-9-19(10-12-20)25-16(2)28)30-23-18(14-24)13-17-7-5-3-4-6-8-21(17)27-23/h9-13,15H,3-8H2,1-2H3,(H,25,28)(H,26,29). The predicted octanol–water partition coefficient (Wildman–Crippen LogP) is 4.69. The number of pyridine rings is 1. The molecule has 0 aliphatic heterocycles. The zero-order valence-corrected chi connectivity index (χ0v) is 18.1. The fourth-order valence-electron chi connectivity index (χ4n) is 3.44. The maximum atomic E-state index is 12.7. The number of rotatable bonds is 5. The van der Waals surface area contributed by atoms with Gasteiger partial charge in [-0.15, -0.1) is 0 Å². The van der Waals surface area contributed by atoms with E-state index in [0.29, 0.717) is 22.0 Å². The molecule has 0 bridgehead atoms. The summed E-state index contributed by atoms with van der Waals surface area (Å²) in [7, 11) is 0. The van der Waals surface area contributed by atoms with E-state index in [-0.39, 0.29) is 11.8 Å². The van der Waals surface area contributed by atoms with E-state index in [9.17, 15) is 14.9 Å². The Labute approximate surface area is 181 Å². The average molecular weight is 423 g/mol. The highest BCUT2D eigenvalue weighted by atomic mass is 32.2. The van der Waals surface area contributed by atoms with Crippen LogP contribution in [0.2, 0.25) is 0 Å². The molecule has 1 aromatic carbocycles. The van der Waals surface area contributed by atoms with Crippen molar-refractivity contribution in [2.24, 2.45) is 0 Å². The molecule has 1 aliphatic rings. The molecule has 1 atom stereocenters. The third-order valence-electron chi connectivity index (χ3n) is 5.02. The molecule has 30 heavy (non-hydrogen) atoms. The number of nitrogens with one attached hydrogen (secondary N) is 2. The molecule has 0 spiro atoms. The van der Waals surface area contributed by atoms with Crippen molar-refractivity contribution >= 4 is 35.0 Å². The predicted molar refractivity (Wildman–Crippen MR) is 120 cm³/mol. The molecule has 1 aromatic heterocycles. The smallest absolute Gasteiger partial charge is 0.237 e. The number of carbonyl (C=O) groups excluding carboxylic acids is 2. The summed E-state index contributed by atoms with van der Waals surface area (Å²) >= 11 is 1.32. The number of fused-ring (bicyclic) bond motifs is 1. The van der Waals surface area contributed by atoms with Gasteiger partial charge in [0.05, 0.1) is 10.8 Å². The normalized spacial score (nSPS) is 14.4. The maximum Gasteiger partial charge on any atom is 0.237 e. The summed E-state index contributed by atoms with van der Waals surface area (Å²) in [4.78, 5) is 28.5. The van der Waals surface area contributed by atoms with Crippen LogP contribution in [0.4, 0.5) is 11.4 Å². The fourth-order valence-corrected chi connectivity index (χ4v) is 4.34. The molecule has 2 N–H and O–H groups in total. The minimum Gasteiger partial charge on any atom is -0.326 e. The highest BCUT2D eigenvalue weighted by Gasteiger charge is 2.20. The minimum absolute atomic E-state index is 0.144. The number of thioether (sulfide) groups is 1. The van der Waals surface area contributed by atoms with Gasteiger partial charge in [-0.25, -0.2) is 4.98 Å². The Kier molecular flexibility index (Phi) is 7.47. The van der Waals surface area contributed by atoms with E-state index in [0.717, 1.165) is 31.4 Å². The second kappa shape index (κ2) is 10.3. The number of aromatic nitrogens is 1. The van der Waals surface area contributed by atoms with Crippen molar-refractivity contribution in [2.45, 2.75) is 62.6 Å². The molecule has 2 aromatic rings. The number of hydrogen-bond acceptors (Lipinski definition) is 5. The van der Waals surface area contributed by atoms with Gasteiger partial charge in [-0.05, 0) is 68.5 Å². The molecular formula is C23H26N4O2S. The van der Waals surface area contributed by atoms with Crippen LogP contribution in [0.3, 0.4) is 0 Å². The average Bonchev–Trinajstić information content (AvgIpc) is 2.70. The second-order valence-electron chi connectivity index (χ2n) is 7.48. The van der Waals surface area contributed by atoms with Crippen LogP contribution < -0.4 is 10.6 Å². The number of nitriles is 1. The third kappa shape index (κ3) is 5.83. The first-order valence-corrected chi connectivity index (χ1v) is 11.1. The third-order valence-corrected chi connectivity index (χ3v) is 6.12. The molecule has 0 saturated heterocycles. The lowest BCUT2D eigenvalue weighted by molar-refractivity contribution is -0.115. The molecule has 0 fully saturated rings. The number of anilines is 2. The van der Waals surface area contributed by atoms with Crippen molar-refractivity contribution in [2.75, 3.05) is 10.6 Å². The van der Waals surface area contributed by atoms with Crippen molar-refractivity contribution in [3.05, 3.63) is 47.2 Å². The van der Waals surface area contributed by atoms with Gasteiger partial charge >= 0.3 is 0 Å². The first-order valence-electron chi connectivity index (χ1n) is 10.2. The molecule has 3 rings (SSSR count). The quantitative estimate of drug-likeness (QED) is 0.682. The Hall–Kier alpha value is -2.85. The Morgan fingerprint density at radius 2 is 1.70 bits per heavy atom. The van der Waals surface area contributed by atoms with Crippen molar-refractivity contribution in [3.63, 3.8) is 0 Å². The van der Waals surface area contributed by atoms with Crippen molar-refractivity contribution < 1.29 is 9.59 Å². The van der Waals surface area contributed by atoms with Gasteiger partial charge in [-0.1, -0.05) is 24.6 Å². The van der Waals surface area contributed by atoms with Crippen LogP contribution in [-0.2, 0) is 22.4 Å². The number of aryl methyl sites for hydroxylation is 2. The summed E-state index contributed by atoms with van der Waals surface area (Å²) in [5, 5.41) is 15.4. The highest BCUT2D eigenvalue weighted by molar-refractivity contribution is 8.00. The lowest BCUT2D eigenvalue weighted by Crippen LogP contribution is -2.22. The molecule has 6 nitrogen and oxygen atoms in total. The number of benzene rings is 1. The largest absolute Gasteiger partial charge is 0.326 e. The van der Waals surface area contributed by atoms with E-state index in [1.807, 2.05) is 13.0 Å². The maximum absolute atomic E-state index is 12.7. The Bertz CT molecular complexity index is 966. The Balaban J connectivity index is 1.69. The minimum atomic E-state index is -0.411. The van der Waals surface area contributed by atoms with Crippen LogP contribution in [-0.4, -0.2) is 22.0 Å². The summed E-state index contributed by atoms with van der Waals surface area (Å²) in [6, 6.07) is 11.2. The Morgan fingerprint density at radius 1 is 1.07 bits per heavy atom. The number of hydrogen-bond donors (Lipinski definition) is 2. The summed E-state index contributed by atoms with van der Waals surface area (Å²) in [6.07, 6.45) is 6.57. The van der Waals surface area contributed by atoms with Crippen LogP contribution in [0, 0.1) is 11.3 Å². The zero-order valence-electron chi connectivity index (χ0n) is 17.3. The summed E-state index contributed by atoms with van der Waals surface area (Å²) in [5.41, 5.74) is 4.10. The molecule has 1 aliphatic carbocycles. The van der Waals surface area contributed by atoms with Crippen molar-refractivity contribution in [1.29, 1.82) is 5.26 Å². The van der Waals surface area contributed by atoms with Gasteiger partial charge in [0.2, 0.25) is 11.8 Å². The molecular weight excluding hydrogens is 396 g/mol. The van der Waals surface area contributed by atoms with E-state index in [2.05, 4.69) is 16.7 Å². The van der Waals surface area contributed by atoms with Gasteiger partial charge in [0.15, 0.2) is 0 Å². The zero-order chi connectivity index (χ0) is 21.5. The van der Waals surface area contributed by atoms with Gasteiger partial charge in [-0.2, -0.15) is 5.26 Å². The first kappa shape index (κ1) is 21.8. The highest BCUT2D eigenvalue weighted by Crippen LogP contribution is 2.29. The van der Waals surface area contributed by atoms with Gasteiger partial charge in [0.1, 0.15) is 11.1 Å². The van der Waals surface area contributed by atoms with Crippen LogP contribution in [0.25, 0.3) is 0 Å². The summed E-state index contributed by atoms with van der Waals surface area (Å²) in [5.74, 6) is -0.307. The van der Waals surface area contributed by atoms with Crippen LogP contribution in [0.15, 0.2) is 35.4 Å². The van der Waals surface area contributed by atoms with E-state index in [1.54, 1.807) is 24.3 Å². The summed E-state index contributed by atoms with van der Waals surface area (Å²) < 4.78 is 0. The van der Waals surface area contributed by atoms with Crippen molar-refractivity contribution in [3.8, 4) is 6.07 Å². The van der Waals surface area contributed by atoms with Crippen LogP contribution in [0.1, 0.15) is 56.4 Å². The molecule has 1 heterocycles. The second-order valence-corrected chi connectivity index (χ2v) is 8.81. The number of amides is 2. The molecule has 7 heteroatoms. The van der Waals surface area contributed by atoms with Crippen molar-refractivity contribution in [1.82, 2.24) is 4.98 Å². The lowest BCUT2D eigenvalue weighted by atomic mass is 9.96. The number of carbonyl (C=O) groups is 2. The van der Waals surface area contributed by atoms with E-state index in [1.165, 1.54) is 37.1 Å². The van der Waals surface area contributed by atoms with E-state index >= 15 is 0 Å². The van der Waals surface area contributed by atoms with Gasteiger partial charge in [-0.3, -0.25) is 9.59 Å². The molecule has 1 unspecified atom stereocenters. The van der Waals surface area contributed by atoms with Crippen LogP contribution in [0.5, 0.6) is 0 Å². The van der Waals surface area contributed by atoms with E-state index < -0.39 is 5.25 Å². The first-order chi connectivity index (χ1) is 14.5. The summed E-state index contributed by atoms with van der Waals surface area (Å²) in [6.45, 7) is 3.26. The fraction of sp³-hybridized carbons (Fsp3) is 0.391. The van der Waals surface area contributed by atoms with Gasteiger partial charge in [0.25, 0.3) is 0 Å². The molecule has 0 saturated carbocycles. The van der Waals surface area contributed by atoms with Gasteiger partial charge in [0, 0.05) is 24.0 Å². The SMILES string of the molecule is CC(=O)Nc1ccc(NC(=O)C(C)Sc2nc3c(cc2C#N)CCCCCC3)cc1. The topological polar surface area (TPSA) is 94.9 Å². The Morgan fingerprint density at radius 3 is 2.33 bits per heavy atom. The van der Waals surface area contributed by atoms with Gasteiger partial charge < -0.3 is 10.6 Å². The molecule has 2 amide bonds. The monoisotopic (exact) mass is 422 g/mol. The number of nitrogens with zero attached hydrogens (tertiary/aromatic N) is 2. The van der Waals surface area contributed by atoms with Crippen LogP contribution >= 0.6 is 11.8 Å². The molecule has 156 valence electrons. The molecule has 0 radical (unpaired) electrons. The lowest BCUT2D eigenvalue weighted by Gasteiger charge is -2.17. The van der Waals surface area contributed by atoms with E-state index in [4.69, 9.17) is 4.98 Å².